The van der Waals surface area contributed by atoms with Crippen LogP contribution in [-0.4, -0.2) is 31.4 Å². The molecule has 0 aliphatic carbocycles. The summed E-state index contributed by atoms with van der Waals surface area (Å²) in [5, 5.41) is 14.2. The van der Waals surface area contributed by atoms with Gasteiger partial charge in [-0.15, -0.1) is 0 Å². The molecule has 33 heavy (non-hydrogen) atoms. The average molecular weight is 469 g/mol. The third-order valence-electron chi connectivity index (χ3n) is 4.69. The van der Waals surface area contributed by atoms with Crippen LogP contribution in [-0.2, 0) is 27.2 Å². The Labute approximate surface area is 194 Å². The lowest BCUT2D eigenvalue weighted by Crippen LogP contribution is -2.26. The minimum Gasteiger partial charge on any atom is -0.486 e. The maximum absolute atomic E-state index is 12.7. The van der Waals surface area contributed by atoms with Crippen LogP contribution in [0.2, 0.25) is 5.02 Å². The van der Waals surface area contributed by atoms with Crippen molar-refractivity contribution >= 4 is 29.1 Å². The summed E-state index contributed by atoms with van der Waals surface area (Å²) < 4.78 is 14.2. The van der Waals surface area contributed by atoms with Gasteiger partial charge in [0, 0.05) is 37.4 Å². The highest BCUT2D eigenvalue weighted by Crippen LogP contribution is 2.19. The molecule has 2 N–H and O–H groups in total. The van der Waals surface area contributed by atoms with Gasteiger partial charge in [-0.3, -0.25) is 19.0 Å². The number of benzene rings is 1. The van der Waals surface area contributed by atoms with Crippen LogP contribution in [0.4, 0.5) is 5.69 Å². The van der Waals surface area contributed by atoms with Crippen LogP contribution in [0.15, 0.2) is 59.4 Å². The highest BCUT2D eigenvalue weighted by Gasteiger charge is 2.20. The van der Waals surface area contributed by atoms with Gasteiger partial charge in [0.25, 0.3) is 11.8 Å². The van der Waals surface area contributed by atoms with Crippen LogP contribution < -0.4 is 15.4 Å². The zero-order valence-electron chi connectivity index (χ0n) is 17.9. The summed E-state index contributed by atoms with van der Waals surface area (Å²) in [5.74, 6) is 0.276. The van der Waals surface area contributed by atoms with Gasteiger partial charge in [0.15, 0.2) is 5.76 Å². The van der Waals surface area contributed by atoms with Gasteiger partial charge in [-0.05, 0) is 36.4 Å². The second-order valence-electron chi connectivity index (χ2n) is 7.20. The molecule has 0 saturated carbocycles. The number of anilines is 1. The number of carbonyl (C=O) groups is 2. The van der Waals surface area contributed by atoms with E-state index in [1.165, 1.54) is 16.9 Å². The van der Waals surface area contributed by atoms with Gasteiger partial charge in [-0.25, -0.2) is 0 Å². The molecular formula is C22H21ClN6O4. The summed E-state index contributed by atoms with van der Waals surface area (Å²) in [6.45, 7) is 0.435. The van der Waals surface area contributed by atoms with Gasteiger partial charge >= 0.3 is 0 Å². The van der Waals surface area contributed by atoms with Crippen molar-refractivity contribution in [2.24, 2.45) is 14.1 Å². The molecule has 4 rings (SSSR count). The van der Waals surface area contributed by atoms with E-state index >= 15 is 0 Å². The second-order valence-corrected chi connectivity index (χ2v) is 7.63. The van der Waals surface area contributed by atoms with Gasteiger partial charge < -0.3 is 19.8 Å². The van der Waals surface area contributed by atoms with Crippen LogP contribution in [0, 0.1) is 0 Å². The van der Waals surface area contributed by atoms with Gasteiger partial charge in [-0.1, -0.05) is 11.6 Å². The average Bonchev–Trinajstić information content (AvgIpc) is 3.52. The highest BCUT2D eigenvalue weighted by atomic mass is 35.5. The maximum Gasteiger partial charge on any atom is 0.291 e. The van der Waals surface area contributed by atoms with E-state index in [9.17, 15) is 9.59 Å². The lowest BCUT2D eigenvalue weighted by Gasteiger charge is -2.08. The van der Waals surface area contributed by atoms with Crippen LogP contribution in [0.3, 0.4) is 0 Å². The smallest absolute Gasteiger partial charge is 0.291 e. The van der Waals surface area contributed by atoms with Crippen LogP contribution >= 0.6 is 11.6 Å². The quantitative estimate of drug-likeness (QED) is 0.410. The van der Waals surface area contributed by atoms with Crippen LogP contribution in [0.25, 0.3) is 0 Å². The zero-order valence-corrected chi connectivity index (χ0v) is 18.7. The Morgan fingerprint density at radius 3 is 2.58 bits per heavy atom. The molecule has 0 aliphatic rings. The molecule has 0 unspecified atom stereocenters. The maximum atomic E-state index is 12.7. The monoisotopic (exact) mass is 468 g/mol. The Hall–Kier alpha value is -4.05. The molecule has 0 fully saturated rings. The Morgan fingerprint density at radius 2 is 1.85 bits per heavy atom. The number of hydrogen-bond acceptors (Lipinski definition) is 6. The largest absolute Gasteiger partial charge is 0.486 e. The first-order valence-electron chi connectivity index (χ1n) is 9.95. The summed E-state index contributed by atoms with van der Waals surface area (Å²) in [6.07, 6.45) is 4.87. The van der Waals surface area contributed by atoms with E-state index in [0.717, 1.165) is 5.56 Å². The number of halogens is 1. The Kier molecular flexibility index (Phi) is 6.45. The van der Waals surface area contributed by atoms with E-state index in [1.54, 1.807) is 61.5 Å². The molecule has 0 saturated heterocycles. The number of rotatable bonds is 8. The molecule has 0 bridgehead atoms. The van der Waals surface area contributed by atoms with Crippen molar-refractivity contribution in [2.45, 2.75) is 13.2 Å². The van der Waals surface area contributed by atoms with Gasteiger partial charge in [0.2, 0.25) is 0 Å². The molecule has 0 radical (unpaired) electrons. The normalized spacial score (nSPS) is 10.8. The summed E-state index contributed by atoms with van der Waals surface area (Å²) in [6, 6.07) is 10.1. The molecule has 3 heterocycles. The van der Waals surface area contributed by atoms with Crippen molar-refractivity contribution in [1.29, 1.82) is 0 Å². The third kappa shape index (κ3) is 5.42. The summed E-state index contributed by atoms with van der Waals surface area (Å²) in [7, 11) is 3.41. The van der Waals surface area contributed by atoms with E-state index in [1.807, 2.05) is 0 Å². The molecule has 0 atom stereocenters. The number of nitrogens with zero attached hydrogens (tertiary/aromatic N) is 4. The number of ether oxygens (including phenoxy) is 1. The first-order chi connectivity index (χ1) is 15.9. The van der Waals surface area contributed by atoms with E-state index in [4.69, 9.17) is 20.8 Å². The van der Waals surface area contributed by atoms with Crippen LogP contribution in [0.1, 0.15) is 32.4 Å². The summed E-state index contributed by atoms with van der Waals surface area (Å²) >= 11 is 5.86. The first kappa shape index (κ1) is 22.2. The molecule has 170 valence electrons. The van der Waals surface area contributed by atoms with Gasteiger partial charge in [0.1, 0.15) is 23.8 Å². The van der Waals surface area contributed by atoms with Crippen molar-refractivity contribution < 1.29 is 18.7 Å². The fourth-order valence-corrected chi connectivity index (χ4v) is 3.20. The van der Waals surface area contributed by atoms with E-state index < -0.39 is 5.91 Å². The van der Waals surface area contributed by atoms with Crippen molar-refractivity contribution in [1.82, 2.24) is 24.9 Å². The predicted molar refractivity (Wildman–Crippen MR) is 120 cm³/mol. The predicted octanol–water partition coefficient (Wildman–Crippen LogP) is 3.16. The Bertz CT molecular complexity index is 1270. The number of hydrogen-bond donors (Lipinski definition) is 2. The summed E-state index contributed by atoms with van der Waals surface area (Å²) in [5.41, 5.74) is 1.33. The molecule has 3 aromatic heterocycles. The van der Waals surface area contributed by atoms with E-state index in [-0.39, 0.29) is 29.7 Å². The third-order valence-corrected chi connectivity index (χ3v) is 4.95. The molecule has 1 aromatic carbocycles. The van der Waals surface area contributed by atoms with Crippen molar-refractivity contribution in [3.05, 3.63) is 82.8 Å². The highest BCUT2D eigenvalue weighted by molar-refractivity contribution is 6.30. The molecule has 10 nitrogen and oxygen atoms in total. The number of carbonyl (C=O) groups excluding carboxylic acids is 2. The lowest BCUT2D eigenvalue weighted by atomic mass is 10.3. The zero-order chi connectivity index (χ0) is 23.4. The number of furan rings is 1. The Morgan fingerprint density at radius 1 is 1.06 bits per heavy atom. The van der Waals surface area contributed by atoms with Gasteiger partial charge in [-0.2, -0.15) is 10.2 Å². The minimum absolute atomic E-state index is 0.0790. The van der Waals surface area contributed by atoms with E-state index in [0.29, 0.717) is 23.1 Å². The van der Waals surface area contributed by atoms with E-state index in [2.05, 4.69) is 20.8 Å². The molecule has 0 aliphatic heterocycles. The fraction of sp³-hybridized carbons (Fsp3) is 0.182. The minimum atomic E-state index is -0.512. The fourth-order valence-electron chi connectivity index (χ4n) is 3.07. The number of aryl methyl sites for hydroxylation is 2. The molecule has 0 spiro atoms. The SMILES string of the molecule is Cn1cc(CNC(=O)c2c(NC(=O)c3ccc(COc4ccc(Cl)cc4)o3)cnn2C)cn1. The molecule has 11 heteroatoms. The first-order valence-corrected chi connectivity index (χ1v) is 10.3. The topological polar surface area (TPSA) is 116 Å². The van der Waals surface area contributed by atoms with Crippen molar-refractivity contribution in [3.8, 4) is 5.75 Å². The molecular weight excluding hydrogens is 448 g/mol. The van der Waals surface area contributed by atoms with Gasteiger partial charge in [0.05, 0.1) is 18.1 Å². The molecule has 4 aromatic rings. The van der Waals surface area contributed by atoms with Crippen LogP contribution in [0.5, 0.6) is 5.75 Å². The Balaban J connectivity index is 1.37. The number of amides is 2. The summed E-state index contributed by atoms with van der Waals surface area (Å²) in [4.78, 5) is 25.4. The number of nitrogens with one attached hydrogen (secondary N) is 2. The van der Waals surface area contributed by atoms with Crippen molar-refractivity contribution in [2.75, 3.05) is 5.32 Å². The lowest BCUT2D eigenvalue weighted by molar-refractivity contribution is 0.0942. The second kappa shape index (κ2) is 9.61. The van der Waals surface area contributed by atoms with Crippen molar-refractivity contribution in [3.63, 3.8) is 0 Å². The molecule has 2 amide bonds. The standard InChI is InChI=1S/C22H21ClN6O4/c1-28-12-14(10-25-28)9-24-22(31)20-18(11-26-29(20)2)27-21(30)19-8-7-17(33-19)13-32-16-5-3-15(23)4-6-16/h3-8,10-12H,9,13H2,1-2H3,(H,24,31)(H,27,30). The number of aromatic nitrogens is 4.